The standard InChI is InChI=1S/C24H25NO5/c1-25(24(27)28)15-21(26)20-12-13-22(29-16-18-8-4-2-5-9-18)23(14-20)30-17-19-10-6-3-7-11-19/h2-14,21,26H,15-17H2,1H3,(H,27,28)/t21-/m0/s1. The number of benzene rings is 3. The fraction of sp³-hybridized carbons (Fsp3) is 0.208. The van der Waals surface area contributed by atoms with Gasteiger partial charge in [-0.25, -0.2) is 4.79 Å². The maximum atomic E-state index is 11.0. The zero-order valence-corrected chi connectivity index (χ0v) is 16.8. The molecule has 1 amide bonds. The first kappa shape index (κ1) is 21.2. The van der Waals surface area contributed by atoms with Crippen molar-refractivity contribution in [3.05, 3.63) is 95.6 Å². The molecule has 3 rings (SSSR count). The number of ether oxygens (including phenoxy) is 2. The minimum absolute atomic E-state index is 0.0440. The second-order valence-corrected chi connectivity index (χ2v) is 6.93. The van der Waals surface area contributed by atoms with Gasteiger partial charge in [0.25, 0.3) is 0 Å². The van der Waals surface area contributed by atoms with E-state index in [1.807, 2.05) is 60.7 Å². The molecule has 0 bridgehead atoms. The van der Waals surface area contributed by atoms with Crippen molar-refractivity contribution >= 4 is 6.09 Å². The number of aliphatic hydroxyl groups is 1. The summed E-state index contributed by atoms with van der Waals surface area (Å²) in [7, 11) is 1.41. The summed E-state index contributed by atoms with van der Waals surface area (Å²) in [6.07, 6.45) is -2.08. The Labute approximate surface area is 175 Å². The van der Waals surface area contributed by atoms with Gasteiger partial charge in [0.05, 0.1) is 12.6 Å². The van der Waals surface area contributed by atoms with Gasteiger partial charge < -0.3 is 24.6 Å². The van der Waals surface area contributed by atoms with Crippen LogP contribution >= 0.6 is 0 Å². The number of hydrogen-bond acceptors (Lipinski definition) is 4. The lowest BCUT2D eigenvalue weighted by atomic mass is 10.1. The molecule has 0 radical (unpaired) electrons. The zero-order chi connectivity index (χ0) is 21.3. The summed E-state index contributed by atoms with van der Waals surface area (Å²) in [5.74, 6) is 1.04. The van der Waals surface area contributed by atoms with Gasteiger partial charge in [0.1, 0.15) is 13.2 Å². The minimum Gasteiger partial charge on any atom is -0.485 e. The monoisotopic (exact) mass is 407 g/mol. The molecule has 156 valence electrons. The Morgan fingerprint density at radius 2 is 1.40 bits per heavy atom. The highest BCUT2D eigenvalue weighted by Gasteiger charge is 2.17. The van der Waals surface area contributed by atoms with Crippen LogP contribution in [0.15, 0.2) is 78.9 Å². The molecule has 0 aromatic heterocycles. The van der Waals surface area contributed by atoms with Gasteiger partial charge in [-0.2, -0.15) is 0 Å². The summed E-state index contributed by atoms with van der Waals surface area (Å²) >= 11 is 0. The molecule has 30 heavy (non-hydrogen) atoms. The van der Waals surface area contributed by atoms with E-state index in [-0.39, 0.29) is 6.54 Å². The third-order valence-corrected chi connectivity index (χ3v) is 4.60. The van der Waals surface area contributed by atoms with E-state index in [1.165, 1.54) is 7.05 Å². The molecule has 0 fully saturated rings. The highest BCUT2D eigenvalue weighted by molar-refractivity contribution is 5.64. The Morgan fingerprint density at radius 3 is 1.93 bits per heavy atom. The fourth-order valence-electron chi connectivity index (χ4n) is 2.88. The Kier molecular flexibility index (Phi) is 7.29. The summed E-state index contributed by atoms with van der Waals surface area (Å²) in [6.45, 7) is 0.682. The second kappa shape index (κ2) is 10.3. The van der Waals surface area contributed by atoms with Crippen LogP contribution in [0.3, 0.4) is 0 Å². The van der Waals surface area contributed by atoms with Crippen LogP contribution in [0.4, 0.5) is 4.79 Å². The van der Waals surface area contributed by atoms with Crippen molar-refractivity contribution in [1.82, 2.24) is 4.90 Å². The van der Waals surface area contributed by atoms with E-state index in [0.717, 1.165) is 16.0 Å². The lowest BCUT2D eigenvalue weighted by Gasteiger charge is -2.20. The topological polar surface area (TPSA) is 79.2 Å². The number of amides is 1. The molecule has 0 aliphatic heterocycles. The Bertz CT molecular complexity index is 946. The van der Waals surface area contributed by atoms with E-state index >= 15 is 0 Å². The Morgan fingerprint density at radius 1 is 0.867 bits per heavy atom. The van der Waals surface area contributed by atoms with E-state index in [4.69, 9.17) is 14.6 Å². The Balaban J connectivity index is 1.78. The third-order valence-electron chi connectivity index (χ3n) is 4.60. The summed E-state index contributed by atoms with van der Waals surface area (Å²) in [5, 5.41) is 19.5. The zero-order valence-electron chi connectivity index (χ0n) is 16.8. The van der Waals surface area contributed by atoms with E-state index < -0.39 is 12.2 Å². The molecule has 0 unspecified atom stereocenters. The van der Waals surface area contributed by atoms with Gasteiger partial charge in [0, 0.05) is 7.05 Å². The molecule has 2 N–H and O–H groups in total. The average Bonchev–Trinajstić information content (AvgIpc) is 2.77. The molecule has 1 atom stereocenters. The summed E-state index contributed by atoms with van der Waals surface area (Å²) in [5.41, 5.74) is 2.58. The third kappa shape index (κ3) is 5.99. The first-order valence-electron chi connectivity index (χ1n) is 9.62. The SMILES string of the molecule is CN(C[C@H](O)c1ccc(OCc2ccccc2)c(OCc2ccccc2)c1)C(=O)O. The van der Waals surface area contributed by atoms with E-state index in [9.17, 15) is 9.90 Å². The quantitative estimate of drug-likeness (QED) is 0.546. The lowest BCUT2D eigenvalue weighted by Crippen LogP contribution is -2.29. The van der Waals surface area contributed by atoms with Gasteiger partial charge in [-0.15, -0.1) is 0 Å². The predicted octanol–water partition coefficient (Wildman–Crippen LogP) is 4.49. The number of likely N-dealkylation sites (N-methyl/N-ethyl adjacent to an activating group) is 1. The summed E-state index contributed by atoms with van der Waals surface area (Å²) < 4.78 is 11.9. The van der Waals surface area contributed by atoms with Crippen molar-refractivity contribution in [1.29, 1.82) is 0 Å². The van der Waals surface area contributed by atoms with E-state index in [2.05, 4.69) is 0 Å². The van der Waals surface area contributed by atoms with Gasteiger partial charge in [-0.05, 0) is 28.8 Å². The maximum Gasteiger partial charge on any atom is 0.407 e. The van der Waals surface area contributed by atoms with Crippen LogP contribution in [0.1, 0.15) is 22.8 Å². The summed E-state index contributed by atoms with van der Waals surface area (Å²) in [6, 6.07) is 24.7. The van der Waals surface area contributed by atoms with Crippen LogP contribution in [-0.2, 0) is 13.2 Å². The number of nitrogens with zero attached hydrogens (tertiary/aromatic N) is 1. The van der Waals surface area contributed by atoms with Crippen LogP contribution in [0.5, 0.6) is 11.5 Å². The summed E-state index contributed by atoms with van der Waals surface area (Å²) in [4.78, 5) is 12.1. The molecule has 6 heteroatoms. The van der Waals surface area contributed by atoms with Crippen LogP contribution < -0.4 is 9.47 Å². The van der Waals surface area contributed by atoms with Crippen molar-refractivity contribution in [3.8, 4) is 11.5 Å². The normalized spacial score (nSPS) is 11.5. The number of carboxylic acid groups (broad SMARTS) is 1. The van der Waals surface area contributed by atoms with E-state index in [1.54, 1.807) is 18.2 Å². The molecular weight excluding hydrogens is 382 g/mol. The largest absolute Gasteiger partial charge is 0.485 e. The second-order valence-electron chi connectivity index (χ2n) is 6.93. The van der Waals surface area contributed by atoms with Crippen LogP contribution in [0.2, 0.25) is 0 Å². The average molecular weight is 407 g/mol. The number of carbonyl (C=O) groups is 1. The number of rotatable bonds is 9. The van der Waals surface area contributed by atoms with E-state index in [0.29, 0.717) is 30.3 Å². The van der Waals surface area contributed by atoms with Crippen LogP contribution in [0.25, 0.3) is 0 Å². The van der Waals surface area contributed by atoms with Crippen molar-refractivity contribution in [3.63, 3.8) is 0 Å². The van der Waals surface area contributed by atoms with Crippen molar-refractivity contribution in [2.45, 2.75) is 19.3 Å². The first-order chi connectivity index (χ1) is 14.5. The molecule has 3 aromatic carbocycles. The number of hydrogen-bond donors (Lipinski definition) is 2. The molecule has 0 spiro atoms. The van der Waals surface area contributed by atoms with Gasteiger partial charge in [-0.1, -0.05) is 66.7 Å². The van der Waals surface area contributed by atoms with Gasteiger partial charge >= 0.3 is 6.09 Å². The van der Waals surface area contributed by atoms with Crippen molar-refractivity contribution in [2.24, 2.45) is 0 Å². The minimum atomic E-state index is -1.10. The molecular formula is C24H25NO5. The fourth-order valence-corrected chi connectivity index (χ4v) is 2.88. The molecule has 3 aromatic rings. The van der Waals surface area contributed by atoms with Gasteiger partial charge in [0.2, 0.25) is 0 Å². The molecule has 6 nitrogen and oxygen atoms in total. The van der Waals surface area contributed by atoms with Gasteiger partial charge in [-0.3, -0.25) is 0 Å². The van der Waals surface area contributed by atoms with Crippen molar-refractivity contribution in [2.75, 3.05) is 13.6 Å². The van der Waals surface area contributed by atoms with Crippen LogP contribution in [-0.4, -0.2) is 34.8 Å². The number of aliphatic hydroxyl groups excluding tert-OH is 1. The first-order valence-corrected chi connectivity index (χ1v) is 9.62. The molecule has 0 aliphatic carbocycles. The molecule has 0 aliphatic rings. The van der Waals surface area contributed by atoms with Gasteiger partial charge in [0.15, 0.2) is 11.5 Å². The Hall–Kier alpha value is -3.51. The lowest BCUT2D eigenvalue weighted by molar-refractivity contribution is 0.108. The highest BCUT2D eigenvalue weighted by Crippen LogP contribution is 2.32. The maximum absolute atomic E-state index is 11.0. The smallest absolute Gasteiger partial charge is 0.407 e. The van der Waals surface area contributed by atoms with Crippen LogP contribution in [0, 0.1) is 0 Å². The van der Waals surface area contributed by atoms with Crippen molar-refractivity contribution < 1.29 is 24.5 Å². The molecule has 0 saturated heterocycles. The molecule has 0 heterocycles. The molecule has 0 saturated carbocycles. The predicted molar refractivity (Wildman–Crippen MR) is 114 cm³/mol. The highest BCUT2D eigenvalue weighted by atomic mass is 16.5.